The second-order valence-corrected chi connectivity index (χ2v) is 8.32. The van der Waals surface area contributed by atoms with E-state index in [1.165, 1.54) is 23.1 Å². The fourth-order valence-corrected chi connectivity index (χ4v) is 3.77. The maximum absolute atomic E-state index is 13.7. The zero-order chi connectivity index (χ0) is 23.6. The summed E-state index contributed by atoms with van der Waals surface area (Å²) in [7, 11) is 0. The van der Waals surface area contributed by atoms with E-state index in [0.717, 1.165) is 0 Å². The van der Waals surface area contributed by atoms with Crippen molar-refractivity contribution in [1.29, 1.82) is 0 Å². The van der Waals surface area contributed by atoms with Gasteiger partial charge in [0.2, 0.25) is 5.91 Å². The lowest BCUT2D eigenvalue weighted by Crippen LogP contribution is -2.45. The Labute approximate surface area is 191 Å². The smallest absolute Gasteiger partial charge is 0.370 e. The lowest BCUT2D eigenvalue weighted by Gasteiger charge is -2.35. The SMILES string of the molecule is O=C(COC1CC(OC(F)(F)F)C1)N[C@@H]1CCC(c2cnn(-c3ccc(Cl)c(F)c3)n2)OC1. The van der Waals surface area contributed by atoms with E-state index >= 15 is 0 Å². The highest BCUT2D eigenvalue weighted by molar-refractivity contribution is 6.30. The normalized spacial score (nSPS) is 25.5. The number of alkyl halides is 3. The van der Waals surface area contributed by atoms with Crippen LogP contribution in [-0.2, 0) is 19.0 Å². The predicted molar refractivity (Wildman–Crippen MR) is 106 cm³/mol. The molecule has 8 nitrogen and oxygen atoms in total. The average Bonchev–Trinajstić information content (AvgIpc) is 3.21. The first-order chi connectivity index (χ1) is 15.7. The highest BCUT2D eigenvalue weighted by Crippen LogP contribution is 2.32. The molecule has 1 unspecified atom stereocenters. The second-order valence-electron chi connectivity index (χ2n) is 7.91. The van der Waals surface area contributed by atoms with Crippen LogP contribution in [0.2, 0.25) is 5.02 Å². The molecule has 1 saturated carbocycles. The van der Waals surface area contributed by atoms with Crippen molar-refractivity contribution < 1.29 is 36.6 Å². The van der Waals surface area contributed by atoms with E-state index in [9.17, 15) is 22.4 Å². The maximum atomic E-state index is 13.7. The van der Waals surface area contributed by atoms with E-state index in [-0.39, 0.29) is 49.1 Å². The fourth-order valence-electron chi connectivity index (χ4n) is 3.66. The number of rotatable bonds is 7. The Morgan fingerprint density at radius 1 is 1.27 bits per heavy atom. The van der Waals surface area contributed by atoms with Crippen molar-refractivity contribution in [3.05, 3.63) is 40.9 Å². The van der Waals surface area contributed by atoms with Gasteiger partial charge in [-0.1, -0.05) is 11.6 Å². The minimum atomic E-state index is -4.66. The Hall–Kier alpha value is -2.28. The van der Waals surface area contributed by atoms with Crippen LogP contribution < -0.4 is 5.32 Å². The molecule has 0 bridgehead atoms. The number of ether oxygens (including phenoxy) is 3. The Kier molecular flexibility index (Phi) is 7.17. The molecule has 1 aliphatic heterocycles. The fraction of sp³-hybridized carbons (Fsp3) is 0.550. The summed E-state index contributed by atoms with van der Waals surface area (Å²) >= 11 is 5.69. The number of nitrogens with zero attached hydrogens (tertiary/aromatic N) is 3. The van der Waals surface area contributed by atoms with Crippen LogP contribution in [0.4, 0.5) is 17.6 Å². The van der Waals surface area contributed by atoms with Crippen LogP contribution in [0.25, 0.3) is 5.69 Å². The molecule has 180 valence electrons. The van der Waals surface area contributed by atoms with E-state index in [4.69, 9.17) is 21.1 Å². The Balaban J connectivity index is 1.17. The first kappa shape index (κ1) is 23.9. The predicted octanol–water partition coefficient (Wildman–Crippen LogP) is 3.48. The third-order valence-corrected chi connectivity index (χ3v) is 5.72. The van der Waals surface area contributed by atoms with Crippen LogP contribution in [-0.4, -0.2) is 58.7 Å². The van der Waals surface area contributed by atoms with Crippen LogP contribution >= 0.6 is 11.6 Å². The molecule has 1 N–H and O–H groups in total. The van der Waals surface area contributed by atoms with Gasteiger partial charge in [0.05, 0.1) is 41.8 Å². The van der Waals surface area contributed by atoms with Crippen LogP contribution in [0.3, 0.4) is 0 Å². The van der Waals surface area contributed by atoms with Gasteiger partial charge < -0.3 is 14.8 Å². The number of amides is 1. The van der Waals surface area contributed by atoms with Gasteiger partial charge in [0.15, 0.2) is 0 Å². The van der Waals surface area contributed by atoms with Crippen LogP contribution in [0, 0.1) is 5.82 Å². The van der Waals surface area contributed by atoms with Crippen molar-refractivity contribution in [1.82, 2.24) is 20.3 Å². The molecule has 1 amide bonds. The molecular formula is C20H21ClF4N4O4. The third kappa shape index (κ3) is 6.40. The number of carbonyl (C=O) groups is 1. The quantitative estimate of drug-likeness (QED) is 0.595. The molecule has 0 spiro atoms. The van der Waals surface area contributed by atoms with E-state index in [1.807, 2.05) is 0 Å². The summed E-state index contributed by atoms with van der Waals surface area (Å²) in [5, 5.41) is 11.3. The van der Waals surface area contributed by atoms with Crippen molar-refractivity contribution >= 4 is 17.5 Å². The summed E-state index contributed by atoms with van der Waals surface area (Å²) in [5.74, 6) is -0.936. The van der Waals surface area contributed by atoms with Crippen LogP contribution in [0.1, 0.15) is 37.5 Å². The summed E-state index contributed by atoms with van der Waals surface area (Å²) in [6.07, 6.45) is -3.37. The molecule has 1 saturated heterocycles. The van der Waals surface area contributed by atoms with E-state index in [2.05, 4.69) is 20.3 Å². The lowest BCUT2D eigenvalue weighted by atomic mass is 9.92. The van der Waals surface area contributed by atoms with E-state index in [0.29, 0.717) is 24.2 Å². The molecule has 1 aromatic heterocycles. The maximum Gasteiger partial charge on any atom is 0.522 e. The number of nitrogens with one attached hydrogen (secondary N) is 1. The minimum Gasteiger partial charge on any atom is -0.370 e. The van der Waals surface area contributed by atoms with Crippen molar-refractivity contribution in [2.75, 3.05) is 13.2 Å². The Bertz CT molecular complexity index is 975. The summed E-state index contributed by atoms with van der Waals surface area (Å²) in [6.45, 7) is 0.0130. The number of hydrogen-bond donors (Lipinski definition) is 1. The standard InChI is InChI=1S/C20H21ClF4N4O4/c21-15-3-2-12(5-16(15)22)29-26-8-17(28-29)18-4-1-11(9-32-18)27-19(30)10-31-13-6-14(7-13)33-20(23,24)25/h2-3,5,8,11,13-14,18H,1,4,6-7,9-10H2,(H,27,30)/t11-,13?,14?,18?/m1/s1. The number of halogens is 5. The van der Waals surface area contributed by atoms with Gasteiger partial charge in [-0.05, 0) is 25.0 Å². The van der Waals surface area contributed by atoms with Crippen molar-refractivity contribution in [2.24, 2.45) is 0 Å². The molecule has 13 heteroatoms. The zero-order valence-corrected chi connectivity index (χ0v) is 18.0. The summed E-state index contributed by atoms with van der Waals surface area (Å²) in [5.41, 5.74) is 1.01. The molecule has 33 heavy (non-hydrogen) atoms. The summed E-state index contributed by atoms with van der Waals surface area (Å²) < 4.78 is 65.0. The van der Waals surface area contributed by atoms with Gasteiger partial charge in [-0.2, -0.15) is 15.0 Å². The second kappa shape index (κ2) is 9.92. The molecule has 2 aromatic rings. The number of carbonyl (C=O) groups excluding carboxylic acids is 1. The molecule has 1 aromatic carbocycles. The van der Waals surface area contributed by atoms with Gasteiger partial charge in [-0.3, -0.25) is 9.53 Å². The monoisotopic (exact) mass is 492 g/mol. The first-order valence-electron chi connectivity index (χ1n) is 10.3. The topological polar surface area (TPSA) is 87.5 Å². The van der Waals surface area contributed by atoms with Gasteiger partial charge in [0.25, 0.3) is 0 Å². The van der Waals surface area contributed by atoms with Gasteiger partial charge in [0, 0.05) is 18.9 Å². The molecule has 2 aliphatic rings. The Morgan fingerprint density at radius 3 is 2.73 bits per heavy atom. The van der Waals surface area contributed by atoms with Crippen molar-refractivity contribution in [3.8, 4) is 5.69 Å². The molecule has 0 radical (unpaired) electrons. The molecule has 4 rings (SSSR count). The van der Waals surface area contributed by atoms with Gasteiger partial charge in [-0.25, -0.2) is 4.39 Å². The highest BCUT2D eigenvalue weighted by atomic mass is 35.5. The largest absolute Gasteiger partial charge is 0.522 e. The molecule has 1 aliphatic carbocycles. The van der Waals surface area contributed by atoms with Crippen molar-refractivity contribution in [3.63, 3.8) is 0 Å². The first-order valence-corrected chi connectivity index (χ1v) is 10.7. The van der Waals surface area contributed by atoms with Crippen molar-refractivity contribution in [2.45, 2.75) is 56.4 Å². The molecule has 2 fully saturated rings. The Morgan fingerprint density at radius 2 is 2.06 bits per heavy atom. The number of hydrogen-bond acceptors (Lipinski definition) is 6. The highest BCUT2D eigenvalue weighted by Gasteiger charge is 2.40. The average molecular weight is 493 g/mol. The van der Waals surface area contributed by atoms with Gasteiger partial charge in [-0.15, -0.1) is 13.2 Å². The minimum absolute atomic E-state index is 0.00702. The summed E-state index contributed by atoms with van der Waals surface area (Å²) in [4.78, 5) is 13.3. The van der Waals surface area contributed by atoms with Gasteiger partial charge >= 0.3 is 6.36 Å². The van der Waals surface area contributed by atoms with Gasteiger partial charge in [0.1, 0.15) is 24.2 Å². The van der Waals surface area contributed by atoms with Crippen LogP contribution in [0.15, 0.2) is 24.4 Å². The van der Waals surface area contributed by atoms with Crippen LogP contribution in [0.5, 0.6) is 0 Å². The molecule has 2 atom stereocenters. The summed E-state index contributed by atoms with van der Waals surface area (Å²) in [6, 6.07) is 4.02. The lowest BCUT2D eigenvalue weighted by molar-refractivity contribution is -0.357. The van der Waals surface area contributed by atoms with E-state index < -0.39 is 24.4 Å². The molecule has 2 heterocycles. The number of benzene rings is 1. The zero-order valence-electron chi connectivity index (χ0n) is 17.2. The third-order valence-electron chi connectivity index (χ3n) is 5.42. The molecular weight excluding hydrogens is 472 g/mol. The number of aromatic nitrogens is 3. The van der Waals surface area contributed by atoms with E-state index in [1.54, 1.807) is 6.07 Å².